The number of ether oxygens (including phenoxy) is 2. The van der Waals surface area contributed by atoms with E-state index in [1.165, 1.54) is 6.07 Å². The van der Waals surface area contributed by atoms with Crippen molar-refractivity contribution in [1.82, 2.24) is 9.80 Å². The quantitative estimate of drug-likeness (QED) is 0.767. The number of benzene rings is 1. The molecule has 21 heavy (non-hydrogen) atoms. The molecule has 118 valence electrons. The van der Waals surface area contributed by atoms with Crippen LogP contribution in [0.2, 0.25) is 0 Å². The first-order chi connectivity index (χ1) is 10.2. The first-order valence-corrected chi connectivity index (χ1v) is 7.53. The minimum absolute atomic E-state index is 0.296. The summed E-state index contributed by atoms with van der Waals surface area (Å²) in [6, 6.07) is 7.06. The zero-order valence-electron chi connectivity index (χ0n) is 12.9. The first kappa shape index (κ1) is 16.2. The van der Waals surface area contributed by atoms with E-state index in [4.69, 9.17) is 9.47 Å². The molecule has 0 amide bonds. The maximum absolute atomic E-state index is 13.4. The number of piperazine rings is 1. The fraction of sp³-hybridized carbons (Fsp3) is 0.625. The van der Waals surface area contributed by atoms with Crippen LogP contribution in [0.25, 0.3) is 0 Å². The van der Waals surface area contributed by atoms with E-state index < -0.39 is 0 Å². The van der Waals surface area contributed by atoms with Gasteiger partial charge in [-0.1, -0.05) is 12.1 Å². The lowest BCUT2D eigenvalue weighted by Crippen LogP contribution is -2.53. The Labute approximate surface area is 126 Å². The van der Waals surface area contributed by atoms with Gasteiger partial charge in [0.15, 0.2) is 11.6 Å². The highest BCUT2D eigenvalue weighted by Gasteiger charge is 2.22. The number of hydrogen-bond donors (Lipinski definition) is 0. The molecule has 1 aromatic rings. The zero-order chi connectivity index (χ0) is 15.1. The van der Waals surface area contributed by atoms with Gasteiger partial charge in [0.05, 0.1) is 6.61 Å². The van der Waals surface area contributed by atoms with Crippen LogP contribution in [-0.4, -0.2) is 68.9 Å². The molecule has 0 aromatic heterocycles. The van der Waals surface area contributed by atoms with E-state index in [-0.39, 0.29) is 5.82 Å². The SMILES string of the molecule is COCCN1CCN(CCOc2ccccc2F)C[C@@H]1C. The molecule has 0 saturated carbocycles. The van der Waals surface area contributed by atoms with Gasteiger partial charge in [-0.2, -0.15) is 0 Å². The van der Waals surface area contributed by atoms with Gasteiger partial charge in [0, 0.05) is 45.9 Å². The molecule has 2 rings (SSSR count). The first-order valence-electron chi connectivity index (χ1n) is 7.53. The lowest BCUT2D eigenvalue weighted by atomic mass is 10.2. The average molecular weight is 296 g/mol. The highest BCUT2D eigenvalue weighted by Crippen LogP contribution is 2.15. The van der Waals surface area contributed by atoms with Crippen LogP contribution in [0.4, 0.5) is 4.39 Å². The summed E-state index contributed by atoms with van der Waals surface area (Å²) in [5.41, 5.74) is 0. The van der Waals surface area contributed by atoms with Crippen molar-refractivity contribution in [2.45, 2.75) is 13.0 Å². The standard InChI is InChI=1S/C16H25FN2O2/c1-14-13-18(7-8-19(14)10-11-20-2)9-12-21-16-6-4-3-5-15(16)17/h3-6,14H,7-13H2,1-2H3/t14-/m0/s1. The Hall–Kier alpha value is -1.17. The number of rotatable bonds is 7. The van der Waals surface area contributed by atoms with Crippen LogP contribution in [0.15, 0.2) is 24.3 Å². The molecule has 1 atom stereocenters. The molecule has 1 fully saturated rings. The number of hydrogen-bond acceptors (Lipinski definition) is 4. The van der Waals surface area contributed by atoms with Crippen molar-refractivity contribution >= 4 is 0 Å². The van der Waals surface area contributed by atoms with E-state index in [1.54, 1.807) is 25.3 Å². The molecular formula is C16H25FN2O2. The van der Waals surface area contributed by atoms with Crippen LogP contribution in [-0.2, 0) is 4.74 Å². The Kier molecular flexibility index (Phi) is 6.42. The second kappa shape index (κ2) is 8.32. The van der Waals surface area contributed by atoms with Crippen LogP contribution in [0.1, 0.15) is 6.92 Å². The summed E-state index contributed by atoms with van der Waals surface area (Å²) in [4.78, 5) is 4.81. The van der Waals surface area contributed by atoms with Gasteiger partial charge in [-0.3, -0.25) is 9.80 Å². The van der Waals surface area contributed by atoms with Gasteiger partial charge in [0.25, 0.3) is 0 Å². The van der Waals surface area contributed by atoms with Crippen LogP contribution in [0.5, 0.6) is 5.75 Å². The van der Waals surface area contributed by atoms with Crippen LogP contribution in [0, 0.1) is 5.82 Å². The second-order valence-electron chi connectivity index (χ2n) is 5.46. The van der Waals surface area contributed by atoms with Gasteiger partial charge in [-0.25, -0.2) is 4.39 Å². The molecule has 0 N–H and O–H groups in total. The van der Waals surface area contributed by atoms with Crippen LogP contribution < -0.4 is 4.74 Å². The number of nitrogens with zero attached hydrogens (tertiary/aromatic N) is 2. The summed E-state index contributed by atoms with van der Waals surface area (Å²) in [6.07, 6.45) is 0. The van der Waals surface area contributed by atoms with Gasteiger partial charge < -0.3 is 9.47 Å². The number of halogens is 1. The van der Waals surface area contributed by atoms with Gasteiger partial charge in [0.2, 0.25) is 0 Å². The summed E-state index contributed by atoms with van der Waals surface area (Å²) < 4.78 is 24.1. The molecule has 0 spiro atoms. The predicted molar refractivity (Wildman–Crippen MR) is 81.2 cm³/mol. The van der Waals surface area contributed by atoms with E-state index in [2.05, 4.69) is 16.7 Å². The summed E-state index contributed by atoms with van der Waals surface area (Å²) in [7, 11) is 1.74. The van der Waals surface area contributed by atoms with E-state index in [1.807, 2.05) is 0 Å². The Bertz CT molecular complexity index is 430. The highest BCUT2D eigenvalue weighted by atomic mass is 19.1. The van der Waals surface area contributed by atoms with Gasteiger partial charge in [0.1, 0.15) is 6.61 Å². The van der Waals surface area contributed by atoms with Gasteiger partial charge in [-0.15, -0.1) is 0 Å². The third kappa shape index (κ3) is 4.95. The molecular weight excluding hydrogens is 271 g/mol. The summed E-state index contributed by atoms with van der Waals surface area (Å²) in [5.74, 6) is 0.0412. The molecule has 1 aromatic carbocycles. The molecule has 1 heterocycles. The predicted octanol–water partition coefficient (Wildman–Crippen LogP) is 1.86. The number of methoxy groups -OCH3 is 1. The van der Waals surface area contributed by atoms with Gasteiger partial charge in [-0.05, 0) is 19.1 Å². The summed E-state index contributed by atoms with van der Waals surface area (Å²) >= 11 is 0. The minimum Gasteiger partial charge on any atom is -0.489 e. The van der Waals surface area contributed by atoms with Crippen molar-refractivity contribution in [3.63, 3.8) is 0 Å². The average Bonchev–Trinajstić information content (AvgIpc) is 2.48. The van der Waals surface area contributed by atoms with Crippen molar-refractivity contribution in [2.75, 3.05) is 53.0 Å². The Morgan fingerprint density at radius 1 is 1.19 bits per heavy atom. The van der Waals surface area contributed by atoms with Crippen molar-refractivity contribution in [2.24, 2.45) is 0 Å². The van der Waals surface area contributed by atoms with E-state index >= 15 is 0 Å². The van der Waals surface area contributed by atoms with Crippen LogP contribution in [0.3, 0.4) is 0 Å². The Morgan fingerprint density at radius 2 is 2.00 bits per heavy atom. The van der Waals surface area contributed by atoms with E-state index in [9.17, 15) is 4.39 Å². The molecule has 1 saturated heterocycles. The second-order valence-corrected chi connectivity index (χ2v) is 5.46. The molecule has 0 radical (unpaired) electrons. The Morgan fingerprint density at radius 3 is 2.71 bits per heavy atom. The van der Waals surface area contributed by atoms with Crippen molar-refractivity contribution in [3.05, 3.63) is 30.1 Å². The largest absolute Gasteiger partial charge is 0.489 e. The van der Waals surface area contributed by atoms with E-state index in [0.29, 0.717) is 18.4 Å². The molecule has 5 heteroatoms. The van der Waals surface area contributed by atoms with Gasteiger partial charge >= 0.3 is 0 Å². The van der Waals surface area contributed by atoms with E-state index in [0.717, 1.165) is 39.3 Å². The fourth-order valence-electron chi connectivity index (χ4n) is 2.66. The molecule has 4 nitrogen and oxygen atoms in total. The molecule has 0 unspecified atom stereocenters. The monoisotopic (exact) mass is 296 g/mol. The fourth-order valence-corrected chi connectivity index (χ4v) is 2.66. The number of para-hydroxylation sites is 1. The molecule has 1 aliphatic rings. The lowest BCUT2D eigenvalue weighted by Gasteiger charge is -2.39. The minimum atomic E-state index is -0.296. The summed E-state index contributed by atoms with van der Waals surface area (Å²) in [6.45, 7) is 8.43. The van der Waals surface area contributed by atoms with Crippen molar-refractivity contribution in [3.8, 4) is 5.75 Å². The third-order valence-electron chi connectivity index (χ3n) is 3.93. The molecule has 0 aliphatic carbocycles. The third-order valence-corrected chi connectivity index (χ3v) is 3.93. The molecule has 1 aliphatic heterocycles. The lowest BCUT2D eigenvalue weighted by molar-refractivity contribution is 0.0529. The molecule has 0 bridgehead atoms. The van der Waals surface area contributed by atoms with Crippen molar-refractivity contribution in [1.29, 1.82) is 0 Å². The van der Waals surface area contributed by atoms with Crippen molar-refractivity contribution < 1.29 is 13.9 Å². The normalized spacial score (nSPS) is 20.6. The summed E-state index contributed by atoms with van der Waals surface area (Å²) in [5, 5.41) is 0. The maximum atomic E-state index is 13.4. The van der Waals surface area contributed by atoms with Crippen LogP contribution >= 0.6 is 0 Å². The maximum Gasteiger partial charge on any atom is 0.165 e. The zero-order valence-corrected chi connectivity index (χ0v) is 12.9. The highest BCUT2D eigenvalue weighted by molar-refractivity contribution is 5.23. The Balaban J connectivity index is 1.70. The smallest absolute Gasteiger partial charge is 0.165 e. The topological polar surface area (TPSA) is 24.9 Å².